The maximum atomic E-state index is 14.3. The van der Waals surface area contributed by atoms with Gasteiger partial charge in [0.15, 0.2) is 0 Å². The minimum Gasteiger partial charge on any atom is -0.337 e. The summed E-state index contributed by atoms with van der Waals surface area (Å²) >= 11 is 0. The lowest BCUT2D eigenvalue weighted by Gasteiger charge is -2.08. The molecule has 0 radical (unpaired) electrons. The van der Waals surface area contributed by atoms with E-state index in [1.807, 2.05) is 47.9 Å². The standard InChI is InChI=1S/C21H20FN2P/c1-3-16-9-10-20-19(13-16)21(17-7-5-4-6-8-17)15(2)24(20)14-18(22)11-12-23-25/h1,4-11,13,23H,12,14,25H2,2H3/b18-11-. The normalized spacial score (nSPS) is 11.7. The fraction of sp³-hybridized carbons (Fsp3) is 0.143. The third-order valence-corrected chi connectivity index (χ3v) is 4.54. The van der Waals surface area contributed by atoms with Gasteiger partial charge in [0.25, 0.3) is 0 Å². The molecule has 0 saturated carbocycles. The third-order valence-electron chi connectivity index (χ3n) is 4.30. The van der Waals surface area contributed by atoms with Gasteiger partial charge in [0.1, 0.15) is 5.83 Å². The quantitative estimate of drug-likeness (QED) is 0.515. The number of terminal acetylenes is 1. The zero-order chi connectivity index (χ0) is 17.8. The average molecular weight is 350 g/mol. The van der Waals surface area contributed by atoms with E-state index in [2.05, 4.69) is 32.5 Å². The van der Waals surface area contributed by atoms with Gasteiger partial charge in [-0.3, -0.25) is 5.09 Å². The molecule has 3 rings (SSSR count). The van der Waals surface area contributed by atoms with E-state index in [4.69, 9.17) is 6.42 Å². The van der Waals surface area contributed by atoms with Crippen LogP contribution in [0.15, 0.2) is 60.4 Å². The monoisotopic (exact) mass is 350 g/mol. The fourth-order valence-corrected chi connectivity index (χ4v) is 3.25. The maximum absolute atomic E-state index is 14.3. The number of hydrogen-bond acceptors (Lipinski definition) is 1. The molecule has 1 aromatic heterocycles. The van der Waals surface area contributed by atoms with Crippen LogP contribution in [-0.4, -0.2) is 11.1 Å². The van der Waals surface area contributed by atoms with Crippen LogP contribution < -0.4 is 5.09 Å². The highest BCUT2D eigenvalue weighted by molar-refractivity contribution is 7.13. The van der Waals surface area contributed by atoms with Crippen LogP contribution in [0.3, 0.4) is 0 Å². The van der Waals surface area contributed by atoms with Crippen LogP contribution in [0.4, 0.5) is 4.39 Å². The Hall–Kier alpha value is -2.40. The lowest BCUT2D eigenvalue weighted by Crippen LogP contribution is -2.03. The molecule has 1 atom stereocenters. The molecule has 3 aromatic rings. The molecule has 4 heteroatoms. The van der Waals surface area contributed by atoms with E-state index < -0.39 is 0 Å². The van der Waals surface area contributed by atoms with Crippen molar-refractivity contribution < 1.29 is 4.39 Å². The average Bonchev–Trinajstić information content (AvgIpc) is 2.91. The molecular formula is C21H20FN2P. The van der Waals surface area contributed by atoms with Crippen LogP contribution in [0.2, 0.25) is 0 Å². The zero-order valence-corrected chi connectivity index (χ0v) is 15.2. The molecule has 2 nitrogen and oxygen atoms in total. The predicted molar refractivity (Wildman–Crippen MR) is 107 cm³/mol. The van der Waals surface area contributed by atoms with Crippen LogP contribution >= 0.6 is 9.39 Å². The summed E-state index contributed by atoms with van der Waals surface area (Å²) in [7, 11) is 2.37. The molecule has 2 aromatic carbocycles. The van der Waals surface area contributed by atoms with Crippen LogP contribution in [0, 0.1) is 19.3 Å². The predicted octanol–water partition coefficient (Wildman–Crippen LogP) is 4.83. The first-order valence-electron chi connectivity index (χ1n) is 8.08. The number of allylic oxidation sites excluding steroid dienone is 1. The summed E-state index contributed by atoms with van der Waals surface area (Å²) in [6.45, 7) is 2.71. The van der Waals surface area contributed by atoms with Crippen LogP contribution in [-0.2, 0) is 6.54 Å². The summed E-state index contributed by atoms with van der Waals surface area (Å²) in [6.07, 6.45) is 7.13. The molecule has 0 saturated heterocycles. The largest absolute Gasteiger partial charge is 0.337 e. The van der Waals surface area contributed by atoms with Gasteiger partial charge in [-0.05, 0) is 36.8 Å². The first-order valence-corrected chi connectivity index (χ1v) is 8.66. The Morgan fingerprint density at radius 1 is 1.28 bits per heavy atom. The number of nitrogens with one attached hydrogen (secondary N) is 1. The summed E-state index contributed by atoms with van der Waals surface area (Å²) < 4.78 is 16.3. The minimum absolute atomic E-state index is 0.171. The molecule has 1 heterocycles. The fourth-order valence-electron chi connectivity index (χ4n) is 3.13. The van der Waals surface area contributed by atoms with Crippen molar-refractivity contribution in [1.29, 1.82) is 0 Å². The molecule has 126 valence electrons. The van der Waals surface area contributed by atoms with Gasteiger partial charge in [0.2, 0.25) is 0 Å². The molecule has 1 N–H and O–H groups in total. The minimum atomic E-state index is -0.171. The molecule has 0 amide bonds. The summed E-state index contributed by atoms with van der Waals surface area (Å²) in [4.78, 5) is 0. The highest BCUT2D eigenvalue weighted by Crippen LogP contribution is 2.35. The van der Waals surface area contributed by atoms with E-state index in [-0.39, 0.29) is 12.4 Å². The van der Waals surface area contributed by atoms with Crippen molar-refractivity contribution in [3.05, 3.63) is 71.7 Å². The van der Waals surface area contributed by atoms with Crippen molar-refractivity contribution in [1.82, 2.24) is 9.65 Å². The van der Waals surface area contributed by atoms with Gasteiger partial charge >= 0.3 is 0 Å². The van der Waals surface area contributed by atoms with E-state index in [1.54, 1.807) is 6.08 Å². The summed E-state index contributed by atoms with van der Waals surface area (Å²) in [6, 6.07) is 16.0. The Morgan fingerprint density at radius 2 is 2.04 bits per heavy atom. The second kappa shape index (κ2) is 7.66. The van der Waals surface area contributed by atoms with Crippen molar-refractivity contribution in [2.75, 3.05) is 6.54 Å². The van der Waals surface area contributed by atoms with Gasteiger partial charge in [-0.25, -0.2) is 4.39 Å². The van der Waals surface area contributed by atoms with E-state index in [0.717, 1.165) is 33.3 Å². The Morgan fingerprint density at radius 3 is 2.72 bits per heavy atom. The van der Waals surface area contributed by atoms with E-state index in [1.165, 1.54) is 0 Å². The summed E-state index contributed by atoms with van der Waals surface area (Å²) in [5.74, 6) is 2.52. The van der Waals surface area contributed by atoms with Crippen molar-refractivity contribution >= 4 is 20.3 Å². The van der Waals surface area contributed by atoms with E-state index in [0.29, 0.717) is 6.54 Å². The smallest absolute Gasteiger partial charge is 0.117 e. The molecular weight excluding hydrogens is 330 g/mol. The van der Waals surface area contributed by atoms with Gasteiger partial charge in [-0.1, -0.05) is 45.6 Å². The SMILES string of the molecule is C#Cc1ccc2c(c1)c(-c1ccccc1)c(C)n2C/C(F)=C/CNP. The molecule has 0 aliphatic heterocycles. The van der Waals surface area contributed by atoms with Crippen LogP contribution in [0.5, 0.6) is 0 Å². The van der Waals surface area contributed by atoms with Gasteiger partial charge in [0.05, 0.1) is 6.54 Å². The number of rotatable bonds is 5. The van der Waals surface area contributed by atoms with Crippen molar-refractivity contribution in [2.45, 2.75) is 13.5 Å². The Kier molecular flexibility index (Phi) is 5.34. The maximum Gasteiger partial charge on any atom is 0.117 e. The molecule has 1 unspecified atom stereocenters. The lowest BCUT2D eigenvalue weighted by molar-refractivity contribution is 0.555. The lowest BCUT2D eigenvalue weighted by atomic mass is 10.0. The molecule has 0 fully saturated rings. The highest BCUT2D eigenvalue weighted by Gasteiger charge is 2.16. The molecule has 0 aliphatic carbocycles. The number of fused-ring (bicyclic) bond motifs is 1. The molecule has 0 bridgehead atoms. The topological polar surface area (TPSA) is 17.0 Å². The first kappa shape index (κ1) is 17.4. The number of nitrogens with zero attached hydrogens (tertiary/aromatic N) is 1. The molecule has 0 aliphatic rings. The van der Waals surface area contributed by atoms with Gasteiger partial charge in [-0.15, -0.1) is 6.42 Å². The Labute approximate surface area is 150 Å². The summed E-state index contributed by atoms with van der Waals surface area (Å²) in [5.41, 5.74) is 5.04. The second-order valence-electron chi connectivity index (χ2n) is 5.85. The third kappa shape index (κ3) is 3.51. The molecule has 0 spiro atoms. The number of hydrogen-bond donors (Lipinski definition) is 1. The highest BCUT2D eigenvalue weighted by atomic mass is 31.0. The first-order chi connectivity index (χ1) is 12.2. The van der Waals surface area contributed by atoms with Crippen LogP contribution in [0.25, 0.3) is 22.0 Å². The Bertz CT molecular complexity index is 965. The van der Waals surface area contributed by atoms with Gasteiger partial charge < -0.3 is 4.57 Å². The van der Waals surface area contributed by atoms with Crippen LogP contribution in [0.1, 0.15) is 11.3 Å². The van der Waals surface area contributed by atoms with Crippen molar-refractivity contribution in [3.8, 4) is 23.5 Å². The van der Waals surface area contributed by atoms with Gasteiger partial charge in [-0.2, -0.15) is 0 Å². The van der Waals surface area contributed by atoms with E-state index >= 15 is 0 Å². The number of benzene rings is 2. The number of aromatic nitrogens is 1. The number of halogens is 1. The Balaban J connectivity index is 2.21. The second-order valence-corrected chi connectivity index (χ2v) is 6.26. The van der Waals surface area contributed by atoms with E-state index in [9.17, 15) is 4.39 Å². The van der Waals surface area contributed by atoms with Gasteiger partial charge in [0, 0.05) is 34.3 Å². The zero-order valence-electron chi connectivity index (χ0n) is 14.1. The summed E-state index contributed by atoms with van der Waals surface area (Å²) in [5, 5.41) is 3.90. The van der Waals surface area contributed by atoms with Crippen molar-refractivity contribution in [3.63, 3.8) is 0 Å². The molecule has 25 heavy (non-hydrogen) atoms. The van der Waals surface area contributed by atoms with Crippen molar-refractivity contribution in [2.24, 2.45) is 0 Å².